The van der Waals surface area contributed by atoms with E-state index in [0.717, 1.165) is 5.82 Å². The van der Waals surface area contributed by atoms with Crippen LogP contribution >= 0.6 is 0 Å². The molecule has 1 aromatic carbocycles. The third kappa shape index (κ3) is 2.99. The van der Waals surface area contributed by atoms with E-state index in [1.165, 1.54) is 22.4 Å². The van der Waals surface area contributed by atoms with Crippen LogP contribution in [0.1, 0.15) is 29.7 Å². The molecular weight excluding hydrogens is 246 g/mol. The number of anilines is 2. The summed E-state index contributed by atoms with van der Waals surface area (Å²) in [5, 5.41) is 3.28. The van der Waals surface area contributed by atoms with Crippen molar-refractivity contribution < 1.29 is 0 Å². The molecule has 0 saturated carbocycles. The van der Waals surface area contributed by atoms with Crippen molar-refractivity contribution in [2.45, 2.75) is 26.8 Å². The molecule has 2 aromatic rings. The Morgan fingerprint density at radius 3 is 2.40 bits per heavy atom. The zero-order valence-corrected chi connectivity index (χ0v) is 12.9. The van der Waals surface area contributed by atoms with Gasteiger partial charge in [-0.3, -0.25) is 0 Å². The lowest BCUT2D eigenvalue weighted by molar-refractivity contribution is 0.649. The second-order valence-electron chi connectivity index (χ2n) is 5.33. The highest BCUT2D eigenvalue weighted by Gasteiger charge is 2.14. The van der Waals surface area contributed by atoms with Crippen LogP contribution in [0.5, 0.6) is 0 Å². The summed E-state index contributed by atoms with van der Waals surface area (Å²) in [4.78, 5) is 6.73. The quantitative estimate of drug-likeness (QED) is 0.916. The minimum Gasteiger partial charge on any atom is -0.329 e. The number of nitrogens with one attached hydrogen (secondary N) is 1. The first kappa shape index (κ1) is 14.5. The molecular formula is C17H23N3. The smallest absolute Gasteiger partial charge is 0.137 e. The zero-order chi connectivity index (χ0) is 14.7. The van der Waals surface area contributed by atoms with Crippen molar-refractivity contribution in [2.24, 2.45) is 0 Å². The molecule has 0 saturated heterocycles. The van der Waals surface area contributed by atoms with Crippen molar-refractivity contribution in [1.82, 2.24) is 10.3 Å². The number of rotatable bonds is 4. The molecule has 0 bridgehead atoms. The second-order valence-corrected chi connectivity index (χ2v) is 5.33. The lowest BCUT2D eigenvalue weighted by Gasteiger charge is -2.24. The van der Waals surface area contributed by atoms with Gasteiger partial charge in [-0.05, 0) is 57.1 Å². The molecule has 1 heterocycles. The van der Waals surface area contributed by atoms with Gasteiger partial charge in [0.1, 0.15) is 5.82 Å². The lowest BCUT2D eigenvalue weighted by Crippen LogP contribution is -2.19. The number of hydrogen-bond donors (Lipinski definition) is 1. The molecule has 0 fully saturated rings. The standard InChI is InChI=1S/C17H23N3/c1-12-9-13(2)11-15(10-12)20(5)17-16(14(3)18-4)7-6-8-19-17/h6-11,14,18H,1-5H3. The van der Waals surface area contributed by atoms with Crippen molar-refractivity contribution in [3.05, 3.63) is 53.2 Å². The van der Waals surface area contributed by atoms with E-state index in [4.69, 9.17) is 0 Å². The van der Waals surface area contributed by atoms with Crippen molar-refractivity contribution >= 4 is 11.5 Å². The summed E-state index contributed by atoms with van der Waals surface area (Å²) in [6, 6.07) is 11.0. The highest BCUT2D eigenvalue weighted by molar-refractivity contribution is 5.64. The van der Waals surface area contributed by atoms with Gasteiger partial charge in [0.05, 0.1) is 0 Å². The Bertz CT molecular complexity index is 572. The maximum atomic E-state index is 4.57. The van der Waals surface area contributed by atoms with Crippen LogP contribution < -0.4 is 10.2 Å². The summed E-state index contributed by atoms with van der Waals surface area (Å²) in [5.74, 6) is 0.999. The molecule has 3 heteroatoms. The molecule has 20 heavy (non-hydrogen) atoms. The largest absolute Gasteiger partial charge is 0.329 e. The summed E-state index contributed by atoms with van der Waals surface area (Å²) in [6.45, 7) is 6.40. The van der Waals surface area contributed by atoms with E-state index < -0.39 is 0 Å². The Labute approximate surface area is 121 Å². The summed E-state index contributed by atoms with van der Waals surface area (Å²) in [7, 11) is 4.04. The van der Waals surface area contributed by atoms with Gasteiger partial charge in [-0.15, -0.1) is 0 Å². The van der Waals surface area contributed by atoms with Crippen LogP contribution in [0.2, 0.25) is 0 Å². The van der Waals surface area contributed by atoms with E-state index in [2.05, 4.69) is 67.3 Å². The Morgan fingerprint density at radius 2 is 1.80 bits per heavy atom. The first-order valence-corrected chi connectivity index (χ1v) is 6.97. The third-order valence-electron chi connectivity index (χ3n) is 3.63. The maximum Gasteiger partial charge on any atom is 0.137 e. The van der Waals surface area contributed by atoms with Gasteiger partial charge < -0.3 is 10.2 Å². The average molecular weight is 269 g/mol. The van der Waals surface area contributed by atoms with E-state index in [0.29, 0.717) is 0 Å². The molecule has 1 aromatic heterocycles. The minimum absolute atomic E-state index is 0.270. The van der Waals surface area contributed by atoms with Gasteiger partial charge in [0.25, 0.3) is 0 Å². The first-order chi connectivity index (χ1) is 9.52. The predicted octanol–water partition coefficient (Wildman–Crippen LogP) is 3.75. The molecule has 0 aliphatic rings. The number of pyridine rings is 1. The van der Waals surface area contributed by atoms with Crippen LogP contribution in [0.3, 0.4) is 0 Å². The molecule has 1 N–H and O–H groups in total. The Morgan fingerprint density at radius 1 is 1.15 bits per heavy atom. The van der Waals surface area contributed by atoms with Crippen molar-refractivity contribution in [1.29, 1.82) is 0 Å². The summed E-state index contributed by atoms with van der Waals surface area (Å²) >= 11 is 0. The normalized spacial score (nSPS) is 12.2. The van der Waals surface area contributed by atoms with Crippen LogP contribution in [0.25, 0.3) is 0 Å². The van der Waals surface area contributed by atoms with Crippen LogP contribution in [-0.4, -0.2) is 19.1 Å². The van der Waals surface area contributed by atoms with Crippen molar-refractivity contribution in [3.63, 3.8) is 0 Å². The minimum atomic E-state index is 0.270. The summed E-state index contributed by atoms with van der Waals surface area (Å²) in [6.07, 6.45) is 1.85. The molecule has 1 atom stereocenters. The monoisotopic (exact) mass is 269 g/mol. The molecule has 3 nitrogen and oxygen atoms in total. The third-order valence-corrected chi connectivity index (χ3v) is 3.63. The van der Waals surface area contributed by atoms with Gasteiger partial charge in [0.15, 0.2) is 0 Å². The molecule has 1 unspecified atom stereocenters. The van der Waals surface area contributed by atoms with E-state index in [1.54, 1.807) is 0 Å². The van der Waals surface area contributed by atoms with Crippen molar-refractivity contribution in [2.75, 3.05) is 19.0 Å². The molecule has 0 radical (unpaired) electrons. The summed E-state index contributed by atoms with van der Waals surface area (Å²) in [5.41, 5.74) is 4.92. The fourth-order valence-electron chi connectivity index (χ4n) is 2.45. The van der Waals surface area contributed by atoms with Gasteiger partial charge in [-0.1, -0.05) is 12.1 Å². The average Bonchev–Trinajstić information content (AvgIpc) is 2.44. The van der Waals surface area contributed by atoms with E-state index in [-0.39, 0.29) is 6.04 Å². The molecule has 0 aliphatic carbocycles. The van der Waals surface area contributed by atoms with Gasteiger partial charge >= 0.3 is 0 Å². The van der Waals surface area contributed by atoms with E-state index in [9.17, 15) is 0 Å². The maximum absolute atomic E-state index is 4.57. The van der Waals surface area contributed by atoms with Gasteiger partial charge in [-0.2, -0.15) is 0 Å². The molecule has 0 spiro atoms. The van der Waals surface area contributed by atoms with E-state index >= 15 is 0 Å². The second kappa shape index (κ2) is 6.06. The molecule has 106 valence electrons. The van der Waals surface area contributed by atoms with E-state index in [1.807, 2.05) is 19.3 Å². The van der Waals surface area contributed by atoms with Crippen LogP contribution in [0, 0.1) is 13.8 Å². The Hall–Kier alpha value is -1.87. The van der Waals surface area contributed by atoms with Crippen LogP contribution in [0.15, 0.2) is 36.5 Å². The highest BCUT2D eigenvalue weighted by atomic mass is 15.2. The number of aryl methyl sites for hydroxylation is 2. The SMILES string of the molecule is CNC(C)c1cccnc1N(C)c1cc(C)cc(C)c1. The van der Waals surface area contributed by atoms with Crippen LogP contribution in [0.4, 0.5) is 11.5 Å². The number of benzene rings is 1. The fraction of sp³-hybridized carbons (Fsp3) is 0.353. The Kier molecular flexibility index (Phi) is 4.40. The molecule has 2 rings (SSSR count). The number of nitrogens with zero attached hydrogens (tertiary/aromatic N) is 2. The number of hydrogen-bond acceptors (Lipinski definition) is 3. The van der Waals surface area contributed by atoms with Crippen LogP contribution in [-0.2, 0) is 0 Å². The van der Waals surface area contributed by atoms with Gasteiger partial charge in [0, 0.05) is 30.5 Å². The highest BCUT2D eigenvalue weighted by Crippen LogP contribution is 2.29. The Balaban J connectivity index is 2.45. The van der Waals surface area contributed by atoms with Gasteiger partial charge in [0.2, 0.25) is 0 Å². The van der Waals surface area contributed by atoms with Crippen molar-refractivity contribution in [3.8, 4) is 0 Å². The zero-order valence-electron chi connectivity index (χ0n) is 12.9. The molecule has 0 aliphatic heterocycles. The topological polar surface area (TPSA) is 28.2 Å². The van der Waals surface area contributed by atoms with Gasteiger partial charge in [-0.25, -0.2) is 4.98 Å². The number of aromatic nitrogens is 1. The lowest BCUT2D eigenvalue weighted by atomic mass is 10.1. The predicted molar refractivity (Wildman–Crippen MR) is 85.7 cm³/mol. The molecule has 0 amide bonds. The fourth-order valence-corrected chi connectivity index (χ4v) is 2.45. The first-order valence-electron chi connectivity index (χ1n) is 6.97. The summed E-state index contributed by atoms with van der Waals surface area (Å²) < 4.78 is 0.